The van der Waals surface area contributed by atoms with Crippen LogP contribution < -0.4 is 10.6 Å². The van der Waals surface area contributed by atoms with E-state index in [0.29, 0.717) is 19.7 Å². The van der Waals surface area contributed by atoms with E-state index in [9.17, 15) is 0 Å². The zero-order valence-electron chi connectivity index (χ0n) is 16.4. The third kappa shape index (κ3) is 5.44. The average molecular weight is 377 g/mol. The van der Waals surface area contributed by atoms with Gasteiger partial charge in [-0.1, -0.05) is 48.5 Å². The molecule has 3 aromatic rings. The lowest BCUT2D eigenvalue weighted by molar-refractivity contribution is 0.184. The SMILES string of the molecule is CN=C(NCc1ccccc1COC)NCc1ccccc1Cn1cccn1. The molecule has 0 atom stereocenters. The molecular weight excluding hydrogens is 350 g/mol. The molecule has 3 rings (SSSR count). The standard InChI is InChI=1S/C22H27N5O/c1-23-22(25-15-19-9-4-6-11-21(19)17-28-2)24-14-18-8-3-5-10-20(18)16-27-13-7-12-26-27/h3-13H,14-17H2,1-2H3,(H2,23,24,25). The number of ether oxygens (including phenoxy) is 1. The van der Waals surface area contributed by atoms with Gasteiger partial charge in [0.2, 0.25) is 0 Å². The van der Waals surface area contributed by atoms with Crippen molar-refractivity contribution in [3.8, 4) is 0 Å². The Morgan fingerprint density at radius 3 is 2.11 bits per heavy atom. The first-order valence-electron chi connectivity index (χ1n) is 9.34. The van der Waals surface area contributed by atoms with Crippen LogP contribution in [0, 0.1) is 0 Å². The molecule has 0 aliphatic heterocycles. The van der Waals surface area contributed by atoms with Crippen LogP contribution in [0.2, 0.25) is 0 Å². The molecule has 0 saturated carbocycles. The van der Waals surface area contributed by atoms with Crippen molar-refractivity contribution in [2.45, 2.75) is 26.2 Å². The van der Waals surface area contributed by atoms with Gasteiger partial charge in [-0.05, 0) is 28.3 Å². The molecular formula is C22H27N5O. The number of aromatic nitrogens is 2. The van der Waals surface area contributed by atoms with Crippen LogP contribution in [0.1, 0.15) is 22.3 Å². The molecule has 1 aromatic heterocycles. The van der Waals surface area contributed by atoms with Crippen molar-refractivity contribution in [1.82, 2.24) is 20.4 Å². The van der Waals surface area contributed by atoms with Crippen LogP contribution >= 0.6 is 0 Å². The highest BCUT2D eigenvalue weighted by Crippen LogP contribution is 2.11. The van der Waals surface area contributed by atoms with Crippen molar-refractivity contribution in [2.24, 2.45) is 4.99 Å². The topological polar surface area (TPSA) is 63.5 Å². The van der Waals surface area contributed by atoms with Gasteiger partial charge in [-0.25, -0.2) is 0 Å². The second-order valence-corrected chi connectivity index (χ2v) is 6.45. The minimum atomic E-state index is 0.602. The maximum absolute atomic E-state index is 5.28. The van der Waals surface area contributed by atoms with Gasteiger partial charge in [0.05, 0.1) is 13.2 Å². The molecule has 146 valence electrons. The quantitative estimate of drug-likeness (QED) is 0.468. The van der Waals surface area contributed by atoms with E-state index in [0.717, 1.165) is 12.5 Å². The second-order valence-electron chi connectivity index (χ2n) is 6.45. The van der Waals surface area contributed by atoms with E-state index >= 15 is 0 Å². The Labute approximate surface area is 166 Å². The first kappa shape index (κ1) is 19.6. The number of guanidine groups is 1. The number of hydrogen-bond acceptors (Lipinski definition) is 3. The summed E-state index contributed by atoms with van der Waals surface area (Å²) < 4.78 is 7.21. The van der Waals surface area contributed by atoms with E-state index in [1.807, 2.05) is 29.1 Å². The molecule has 0 radical (unpaired) electrons. The summed E-state index contributed by atoms with van der Waals surface area (Å²) in [5.41, 5.74) is 4.84. The zero-order valence-corrected chi connectivity index (χ0v) is 16.4. The Morgan fingerprint density at radius 2 is 1.54 bits per heavy atom. The van der Waals surface area contributed by atoms with Gasteiger partial charge in [-0.3, -0.25) is 9.67 Å². The molecule has 6 nitrogen and oxygen atoms in total. The average Bonchev–Trinajstić information content (AvgIpc) is 3.23. The number of nitrogens with one attached hydrogen (secondary N) is 2. The minimum Gasteiger partial charge on any atom is -0.380 e. The van der Waals surface area contributed by atoms with Crippen molar-refractivity contribution >= 4 is 5.96 Å². The molecule has 0 aliphatic rings. The van der Waals surface area contributed by atoms with E-state index in [4.69, 9.17) is 4.74 Å². The largest absolute Gasteiger partial charge is 0.380 e. The van der Waals surface area contributed by atoms with Crippen LogP contribution in [0.15, 0.2) is 72.0 Å². The molecule has 28 heavy (non-hydrogen) atoms. The maximum Gasteiger partial charge on any atom is 0.191 e. The molecule has 0 aliphatic carbocycles. The molecule has 1 heterocycles. The molecule has 0 unspecified atom stereocenters. The summed E-state index contributed by atoms with van der Waals surface area (Å²) in [6.45, 7) is 2.73. The van der Waals surface area contributed by atoms with Crippen molar-refractivity contribution in [2.75, 3.05) is 14.2 Å². The number of hydrogen-bond donors (Lipinski definition) is 2. The van der Waals surface area contributed by atoms with E-state index in [1.165, 1.54) is 22.3 Å². The Hall–Kier alpha value is -3.12. The Morgan fingerprint density at radius 1 is 0.929 bits per heavy atom. The fourth-order valence-corrected chi connectivity index (χ4v) is 3.06. The summed E-state index contributed by atoms with van der Waals surface area (Å²) in [5.74, 6) is 0.765. The predicted molar refractivity (Wildman–Crippen MR) is 112 cm³/mol. The molecule has 2 N–H and O–H groups in total. The molecule has 2 aromatic carbocycles. The first-order chi connectivity index (χ1) is 13.8. The van der Waals surface area contributed by atoms with Gasteiger partial charge in [0.15, 0.2) is 5.96 Å². The van der Waals surface area contributed by atoms with Gasteiger partial charge in [0.1, 0.15) is 0 Å². The van der Waals surface area contributed by atoms with Crippen LogP contribution in [0.5, 0.6) is 0 Å². The van der Waals surface area contributed by atoms with Gasteiger partial charge in [-0.15, -0.1) is 0 Å². The minimum absolute atomic E-state index is 0.602. The first-order valence-corrected chi connectivity index (χ1v) is 9.34. The summed E-state index contributed by atoms with van der Waals surface area (Å²) in [5, 5.41) is 11.1. The van der Waals surface area contributed by atoms with Gasteiger partial charge in [0.25, 0.3) is 0 Å². The fraction of sp³-hybridized carbons (Fsp3) is 0.273. The fourth-order valence-electron chi connectivity index (χ4n) is 3.06. The normalized spacial score (nSPS) is 11.4. The number of methoxy groups -OCH3 is 1. The van der Waals surface area contributed by atoms with Crippen LogP contribution in [-0.2, 0) is 31.0 Å². The lowest BCUT2D eigenvalue weighted by Crippen LogP contribution is -2.36. The highest BCUT2D eigenvalue weighted by Gasteiger charge is 2.06. The highest BCUT2D eigenvalue weighted by molar-refractivity contribution is 5.79. The van der Waals surface area contributed by atoms with E-state index in [-0.39, 0.29) is 0 Å². The summed E-state index contributed by atoms with van der Waals surface area (Å²) in [4.78, 5) is 4.34. The van der Waals surface area contributed by atoms with Crippen molar-refractivity contribution < 1.29 is 4.74 Å². The van der Waals surface area contributed by atoms with E-state index < -0.39 is 0 Å². The Balaban J connectivity index is 1.59. The van der Waals surface area contributed by atoms with E-state index in [1.54, 1.807) is 20.4 Å². The zero-order chi connectivity index (χ0) is 19.6. The maximum atomic E-state index is 5.28. The van der Waals surface area contributed by atoms with Gasteiger partial charge in [-0.2, -0.15) is 5.10 Å². The number of rotatable bonds is 8. The molecule has 0 spiro atoms. The lowest BCUT2D eigenvalue weighted by Gasteiger charge is -2.15. The summed E-state index contributed by atoms with van der Waals surface area (Å²) in [6, 6.07) is 18.6. The molecule has 0 saturated heterocycles. The highest BCUT2D eigenvalue weighted by atomic mass is 16.5. The van der Waals surface area contributed by atoms with Gasteiger partial charge >= 0.3 is 0 Å². The summed E-state index contributed by atoms with van der Waals surface area (Å²) >= 11 is 0. The van der Waals surface area contributed by atoms with Crippen molar-refractivity contribution in [3.05, 3.63) is 89.2 Å². The molecule has 6 heteroatoms. The Bertz CT molecular complexity index is 889. The van der Waals surface area contributed by atoms with Crippen LogP contribution in [0.25, 0.3) is 0 Å². The molecule has 0 amide bonds. The third-order valence-corrected chi connectivity index (χ3v) is 4.54. The number of aliphatic imine (C=N–C) groups is 1. The van der Waals surface area contributed by atoms with Gasteiger partial charge in [0, 0.05) is 39.6 Å². The van der Waals surface area contributed by atoms with Crippen LogP contribution in [0.4, 0.5) is 0 Å². The van der Waals surface area contributed by atoms with Crippen LogP contribution in [-0.4, -0.2) is 29.9 Å². The van der Waals surface area contributed by atoms with Gasteiger partial charge < -0.3 is 15.4 Å². The predicted octanol–water partition coefficient (Wildman–Crippen LogP) is 2.94. The number of nitrogens with zero attached hydrogens (tertiary/aromatic N) is 3. The summed E-state index contributed by atoms with van der Waals surface area (Å²) in [6.07, 6.45) is 3.77. The number of benzene rings is 2. The second kappa shape index (κ2) is 10.3. The monoisotopic (exact) mass is 377 g/mol. The molecule has 0 bridgehead atoms. The Kier molecular flexibility index (Phi) is 7.21. The molecule has 0 fully saturated rings. The van der Waals surface area contributed by atoms with Crippen molar-refractivity contribution in [3.63, 3.8) is 0 Å². The lowest BCUT2D eigenvalue weighted by atomic mass is 10.1. The van der Waals surface area contributed by atoms with Crippen molar-refractivity contribution in [1.29, 1.82) is 0 Å². The summed E-state index contributed by atoms with van der Waals surface area (Å²) in [7, 11) is 3.50. The third-order valence-electron chi connectivity index (χ3n) is 4.54. The van der Waals surface area contributed by atoms with Crippen LogP contribution in [0.3, 0.4) is 0 Å². The smallest absolute Gasteiger partial charge is 0.191 e. The van der Waals surface area contributed by atoms with E-state index in [2.05, 4.69) is 57.1 Å².